The second kappa shape index (κ2) is 8.29. The van der Waals surface area contributed by atoms with E-state index < -0.39 is 0 Å². The number of ether oxygens (including phenoxy) is 1. The van der Waals surface area contributed by atoms with Crippen LogP contribution in [0.5, 0.6) is 0 Å². The van der Waals surface area contributed by atoms with E-state index in [1.54, 1.807) is 6.07 Å². The van der Waals surface area contributed by atoms with Crippen LogP contribution in [0.2, 0.25) is 0 Å². The highest BCUT2D eigenvalue weighted by atomic mass is 35.5. The van der Waals surface area contributed by atoms with Gasteiger partial charge in [-0.1, -0.05) is 0 Å². The molecule has 1 fully saturated rings. The second-order valence-corrected chi connectivity index (χ2v) is 4.91. The molecule has 0 radical (unpaired) electrons. The summed E-state index contributed by atoms with van der Waals surface area (Å²) in [6.07, 6.45) is 2.92. The standard InChI is InChI=1S/C14H22N2O3.ClH/c1-11-3-4-13(19-11)14(17)16-8-5-12(6-9-16)18-10-2-7-15;/h3-4,12H,2,5-10,15H2,1H3;1H. The van der Waals surface area contributed by atoms with Crippen molar-refractivity contribution in [1.29, 1.82) is 0 Å². The van der Waals surface area contributed by atoms with E-state index in [0.717, 1.165) is 38.1 Å². The number of amides is 1. The van der Waals surface area contributed by atoms with Gasteiger partial charge in [-0.25, -0.2) is 0 Å². The Labute approximate surface area is 125 Å². The summed E-state index contributed by atoms with van der Waals surface area (Å²) in [4.78, 5) is 14.0. The number of piperidine rings is 1. The van der Waals surface area contributed by atoms with Crippen LogP contribution in [0.1, 0.15) is 35.6 Å². The summed E-state index contributed by atoms with van der Waals surface area (Å²) in [6.45, 7) is 4.67. The number of carbonyl (C=O) groups is 1. The number of hydrogen-bond acceptors (Lipinski definition) is 4. The molecule has 5 nitrogen and oxygen atoms in total. The topological polar surface area (TPSA) is 68.7 Å². The molecule has 1 amide bonds. The average Bonchev–Trinajstić information content (AvgIpc) is 2.86. The van der Waals surface area contributed by atoms with Crippen molar-refractivity contribution < 1.29 is 13.9 Å². The normalized spacial score (nSPS) is 16.0. The maximum absolute atomic E-state index is 12.2. The summed E-state index contributed by atoms with van der Waals surface area (Å²) in [5.41, 5.74) is 5.43. The van der Waals surface area contributed by atoms with Gasteiger partial charge in [0.1, 0.15) is 5.76 Å². The minimum atomic E-state index is -0.0199. The number of furan rings is 1. The van der Waals surface area contributed by atoms with E-state index in [-0.39, 0.29) is 24.4 Å². The molecular formula is C14H23ClN2O3. The van der Waals surface area contributed by atoms with Crippen molar-refractivity contribution in [3.8, 4) is 0 Å². The number of likely N-dealkylation sites (tertiary alicyclic amines) is 1. The van der Waals surface area contributed by atoms with E-state index in [0.29, 0.717) is 18.9 Å². The van der Waals surface area contributed by atoms with Crippen molar-refractivity contribution in [1.82, 2.24) is 4.90 Å². The van der Waals surface area contributed by atoms with Crippen LogP contribution >= 0.6 is 12.4 Å². The monoisotopic (exact) mass is 302 g/mol. The predicted octanol–water partition coefficient (Wildman–Crippen LogP) is 1.98. The summed E-state index contributed by atoms with van der Waals surface area (Å²) in [5.74, 6) is 1.18. The van der Waals surface area contributed by atoms with Gasteiger partial charge in [-0.15, -0.1) is 12.4 Å². The fourth-order valence-electron chi connectivity index (χ4n) is 2.26. The van der Waals surface area contributed by atoms with Gasteiger partial charge in [-0.3, -0.25) is 4.79 Å². The lowest BCUT2D eigenvalue weighted by atomic mass is 10.1. The maximum atomic E-state index is 12.2. The fourth-order valence-corrected chi connectivity index (χ4v) is 2.26. The lowest BCUT2D eigenvalue weighted by molar-refractivity contribution is 0.00761. The molecule has 1 saturated heterocycles. The molecule has 114 valence electrons. The van der Waals surface area contributed by atoms with Crippen molar-refractivity contribution in [2.24, 2.45) is 5.73 Å². The molecule has 0 unspecified atom stereocenters. The Hall–Kier alpha value is -1.04. The SMILES string of the molecule is Cc1ccc(C(=O)N2CCC(OCCCN)CC2)o1.Cl. The van der Waals surface area contributed by atoms with E-state index in [1.807, 2.05) is 17.9 Å². The molecule has 0 aromatic carbocycles. The lowest BCUT2D eigenvalue weighted by Crippen LogP contribution is -2.40. The van der Waals surface area contributed by atoms with Crippen LogP contribution in [0.4, 0.5) is 0 Å². The van der Waals surface area contributed by atoms with Crippen LogP contribution in [-0.2, 0) is 4.74 Å². The van der Waals surface area contributed by atoms with Crippen LogP contribution in [0, 0.1) is 6.92 Å². The molecule has 2 heterocycles. The molecule has 6 heteroatoms. The molecule has 0 saturated carbocycles. The van der Waals surface area contributed by atoms with Crippen LogP contribution in [-0.4, -0.2) is 43.2 Å². The summed E-state index contributed by atoms with van der Waals surface area (Å²) in [7, 11) is 0. The third-order valence-corrected chi connectivity index (χ3v) is 3.38. The largest absolute Gasteiger partial charge is 0.456 e. The molecule has 1 aliphatic heterocycles. The zero-order valence-corrected chi connectivity index (χ0v) is 12.7. The van der Waals surface area contributed by atoms with Gasteiger partial charge in [0.2, 0.25) is 0 Å². The molecule has 2 rings (SSSR count). The fraction of sp³-hybridized carbons (Fsp3) is 0.643. The van der Waals surface area contributed by atoms with Gasteiger partial charge in [0.15, 0.2) is 5.76 Å². The first-order valence-corrected chi connectivity index (χ1v) is 6.88. The maximum Gasteiger partial charge on any atom is 0.289 e. The second-order valence-electron chi connectivity index (χ2n) is 4.91. The number of nitrogens with two attached hydrogens (primary N) is 1. The number of rotatable bonds is 5. The van der Waals surface area contributed by atoms with E-state index >= 15 is 0 Å². The number of aryl methyl sites for hydroxylation is 1. The van der Waals surface area contributed by atoms with Crippen LogP contribution in [0.15, 0.2) is 16.5 Å². The Morgan fingerprint density at radius 2 is 2.15 bits per heavy atom. The Kier molecular flexibility index (Phi) is 7.05. The first kappa shape index (κ1) is 17.0. The Morgan fingerprint density at radius 1 is 1.45 bits per heavy atom. The average molecular weight is 303 g/mol. The smallest absolute Gasteiger partial charge is 0.289 e. The highest BCUT2D eigenvalue weighted by molar-refractivity contribution is 5.91. The summed E-state index contributed by atoms with van der Waals surface area (Å²) < 4.78 is 11.1. The van der Waals surface area contributed by atoms with Gasteiger partial charge < -0.3 is 19.8 Å². The Morgan fingerprint density at radius 3 is 2.70 bits per heavy atom. The molecule has 0 atom stereocenters. The third kappa shape index (κ3) is 4.51. The molecule has 2 N–H and O–H groups in total. The number of carbonyl (C=O) groups excluding carboxylic acids is 1. The molecule has 1 aromatic rings. The van der Waals surface area contributed by atoms with Crippen molar-refractivity contribution in [3.63, 3.8) is 0 Å². The zero-order valence-electron chi connectivity index (χ0n) is 11.8. The quantitative estimate of drug-likeness (QED) is 0.845. The van der Waals surface area contributed by atoms with Crippen molar-refractivity contribution in [2.75, 3.05) is 26.2 Å². The predicted molar refractivity (Wildman–Crippen MR) is 79.2 cm³/mol. The first-order valence-electron chi connectivity index (χ1n) is 6.88. The molecule has 20 heavy (non-hydrogen) atoms. The number of nitrogens with zero attached hydrogens (tertiary/aromatic N) is 1. The highest BCUT2D eigenvalue weighted by Gasteiger charge is 2.25. The van der Waals surface area contributed by atoms with E-state index in [2.05, 4.69) is 0 Å². The summed E-state index contributed by atoms with van der Waals surface area (Å²) >= 11 is 0. The Balaban J connectivity index is 0.00000200. The molecule has 0 aliphatic carbocycles. The van der Waals surface area contributed by atoms with Gasteiger partial charge >= 0.3 is 0 Å². The molecule has 1 aromatic heterocycles. The number of halogens is 1. The zero-order chi connectivity index (χ0) is 13.7. The molecule has 0 spiro atoms. The molecular weight excluding hydrogens is 280 g/mol. The lowest BCUT2D eigenvalue weighted by Gasteiger charge is -2.31. The van der Waals surface area contributed by atoms with Gasteiger partial charge in [0.05, 0.1) is 6.10 Å². The minimum Gasteiger partial charge on any atom is -0.456 e. The summed E-state index contributed by atoms with van der Waals surface area (Å²) in [6, 6.07) is 3.55. The number of hydrogen-bond donors (Lipinski definition) is 1. The van der Waals surface area contributed by atoms with Gasteiger partial charge in [0.25, 0.3) is 5.91 Å². The van der Waals surface area contributed by atoms with Gasteiger partial charge in [-0.05, 0) is 44.9 Å². The van der Waals surface area contributed by atoms with E-state index in [9.17, 15) is 4.79 Å². The molecule has 0 bridgehead atoms. The van der Waals surface area contributed by atoms with E-state index in [1.165, 1.54) is 0 Å². The summed E-state index contributed by atoms with van der Waals surface area (Å²) in [5, 5.41) is 0. The van der Waals surface area contributed by atoms with Gasteiger partial charge in [0, 0.05) is 19.7 Å². The van der Waals surface area contributed by atoms with Gasteiger partial charge in [-0.2, -0.15) is 0 Å². The van der Waals surface area contributed by atoms with E-state index in [4.69, 9.17) is 14.9 Å². The highest BCUT2D eigenvalue weighted by Crippen LogP contribution is 2.17. The minimum absolute atomic E-state index is 0. The Bertz CT molecular complexity index is 414. The van der Waals surface area contributed by atoms with Crippen LogP contribution in [0.25, 0.3) is 0 Å². The molecule has 1 aliphatic rings. The third-order valence-electron chi connectivity index (χ3n) is 3.38. The van der Waals surface area contributed by atoms with Crippen LogP contribution < -0.4 is 5.73 Å². The van der Waals surface area contributed by atoms with Crippen molar-refractivity contribution >= 4 is 18.3 Å². The van der Waals surface area contributed by atoms with Crippen molar-refractivity contribution in [3.05, 3.63) is 23.7 Å². The first-order chi connectivity index (χ1) is 9.20. The van der Waals surface area contributed by atoms with Crippen molar-refractivity contribution in [2.45, 2.75) is 32.3 Å². The van der Waals surface area contributed by atoms with Crippen LogP contribution in [0.3, 0.4) is 0 Å².